The van der Waals surface area contributed by atoms with E-state index < -0.39 is 10.7 Å². The second-order valence-electron chi connectivity index (χ2n) is 4.03. The van der Waals surface area contributed by atoms with Gasteiger partial charge in [-0.15, -0.1) is 0 Å². The van der Waals surface area contributed by atoms with E-state index in [4.69, 9.17) is 0 Å². The van der Waals surface area contributed by atoms with Crippen LogP contribution in [0, 0.1) is 22.9 Å². The first-order valence-corrected chi connectivity index (χ1v) is 6.24. The maximum absolute atomic E-state index is 13.7. The fourth-order valence-electron chi connectivity index (χ4n) is 1.63. The minimum atomic E-state index is -0.515. The molecule has 0 bridgehead atoms. The molecule has 4 nitrogen and oxygen atoms in total. The van der Waals surface area contributed by atoms with E-state index in [0.29, 0.717) is 4.47 Å². The number of nitro groups is 1. The highest BCUT2D eigenvalue weighted by atomic mass is 79.9. The van der Waals surface area contributed by atoms with Crippen molar-refractivity contribution in [2.75, 3.05) is 5.32 Å². The Labute approximate surface area is 117 Å². The highest BCUT2D eigenvalue weighted by molar-refractivity contribution is 9.10. The van der Waals surface area contributed by atoms with Gasteiger partial charge < -0.3 is 5.32 Å². The molecule has 0 radical (unpaired) electrons. The third-order valence-corrected chi connectivity index (χ3v) is 3.04. The first kappa shape index (κ1) is 13.5. The van der Waals surface area contributed by atoms with E-state index in [1.165, 1.54) is 18.2 Å². The minimum absolute atomic E-state index is 0.116. The Morgan fingerprint density at radius 1 is 1.21 bits per heavy atom. The van der Waals surface area contributed by atoms with Crippen molar-refractivity contribution < 1.29 is 9.31 Å². The van der Waals surface area contributed by atoms with E-state index >= 15 is 0 Å². The molecule has 0 unspecified atom stereocenters. The van der Waals surface area contributed by atoms with Crippen LogP contribution in [0.3, 0.4) is 0 Å². The summed E-state index contributed by atoms with van der Waals surface area (Å²) in [6, 6.07) is 9.21. The van der Waals surface area contributed by atoms with Crippen molar-refractivity contribution in [2.45, 2.75) is 6.92 Å². The maximum Gasteiger partial charge on any atom is 0.293 e. The predicted molar refractivity (Wildman–Crippen MR) is 75.2 cm³/mol. The van der Waals surface area contributed by atoms with Crippen molar-refractivity contribution in [1.82, 2.24) is 0 Å². The maximum atomic E-state index is 13.7. The third-order valence-electron chi connectivity index (χ3n) is 2.55. The Morgan fingerprint density at radius 3 is 2.53 bits per heavy atom. The van der Waals surface area contributed by atoms with Crippen LogP contribution in [0.5, 0.6) is 0 Å². The number of benzene rings is 2. The number of nitrogens with zero attached hydrogens (tertiary/aromatic N) is 1. The summed E-state index contributed by atoms with van der Waals surface area (Å²) in [6.45, 7) is 1.77. The number of rotatable bonds is 3. The zero-order valence-electron chi connectivity index (χ0n) is 9.98. The number of anilines is 2. The topological polar surface area (TPSA) is 55.2 Å². The number of hydrogen-bond acceptors (Lipinski definition) is 3. The number of hydrogen-bond donors (Lipinski definition) is 1. The quantitative estimate of drug-likeness (QED) is 0.665. The van der Waals surface area contributed by atoms with Gasteiger partial charge in [0.05, 0.1) is 10.6 Å². The van der Waals surface area contributed by atoms with E-state index in [9.17, 15) is 14.5 Å². The second kappa shape index (κ2) is 5.36. The van der Waals surface area contributed by atoms with Crippen LogP contribution >= 0.6 is 15.9 Å². The fourth-order valence-corrected chi connectivity index (χ4v) is 1.98. The molecule has 0 aromatic heterocycles. The lowest BCUT2D eigenvalue weighted by atomic mass is 10.2. The van der Waals surface area contributed by atoms with Crippen molar-refractivity contribution in [2.24, 2.45) is 0 Å². The van der Waals surface area contributed by atoms with Gasteiger partial charge in [0, 0.05) is 10.5 Å². The van der Waals surface area contributed by atoms with E-state index in [-0.39, 0.29) is 17.1 Å². The Balaban J connectivity index is 2.40. The SMILES string of the molecule is Cc1ccc(Nc2ccc(Br)cc2[N+](=O)[O-])c(F)c1. The van der Waals surface area contributed by atoms with Gasteiger partial charge in [-0.1, -0.05) is 22.0 Å². The average Bonchev–Trinajstić information content (AvgIpc) is 2.34. The van der Waals surface area contributed by atoms with Crippen LogP contribution in [-0.2, 0) is 0 Å². The molecule has 2 aromatic rings. The highest BCUT2D eigenvalue weighted by Crippen LogP contribution is 2.31. The fraction of sp³-hybridized carbons (Fsp3) is 0.0769. The Bertz CT molecular complexity index is 647. The van der Waals surface area contributed by atoms with Gasteiger partial charge in [0.1, 0.15) is 11.5 Å². The van der Waals surface area contributed by atoms with Crippen LogP contribution in [-0.4, -0.2) is 4.92 Å². The van der Waals surface area contributed by atoms with Crippen LogP contribution in [0.2, 0.25) is 0 Å². The molecule has 1 N–H and O–H groups in total. The van der Waals surface area contributed by atoms with Gasteiger partial charge in [-0.3, -0.25) is 10.1 Å². The van der Waals surface area contributed by atoms with Crippen molar-refractivity contribution in [3.8, 4) is 0 Å². The van der Waals surface area contributed by atoms with Crippen molar-refractivity contribution in [3.05, 3.63) is 62.4 Å². The first-order chi connectivity index (χ1) is 8.97. The third kappa shape index (κ3) is 3.08. The van der Waals surface area contributed by atoms with E-state index in [1.54, 1.807) is 25.1 Å². The largest absolute Gasteiger partial charge is 0.348 e. The Kier molecular flexibility index (Phi) is 3.80. The zero-order chi connectivity index (χ0) is 14.0. The molecule has 98 valence electrons. The lowest BCUT2D eigenvalue weighted by molar-refractivity contribution is -0.384. The van der Waals surface area contributed by atoms with Gasteiger partial charge in [-0.25, -0.2) is 4.39 Å². The van der Waals surface area contributed by atoms with Gasteiger partial charge in [0.15, 0.2) is 0 Å². The molecule has 0 saturated carbocycles. The van der Waals surface area contributed by atoms with E-state index in [2.05, 4.69) is 21.2 Å². The lowest BCUT2D eigenvalue weighted by Gasteiger charge is -2.09. The van der Waals surface area contributed by atoms with Gasteiger partial charge in [0.2, 0.25) is 0 Å². The summed E-state index contributed by atoms with van der Waals surface area (Å²) in [5.74, 6) is -0.447. The van der Waals surface area contributed by atoms with Gasteiger partial charge >= 0.3 is 0 Å². The average molecular weight is 325 g/mol. The molecule has 0 amide bonds. The van der Waals surface area contributed by atoms with Crippen LogP contribution in [0.15, 0.2) is 40.9 Å². The monoisotopic (exact) mass is 324 g/mol. The summed E-state index contributed by atoms with van der Waals surface area (Å²) in [4.78, 5) is 10.4. The molecule has 0 fully saturated rings. The van der Waals surface area contributed by atoms with Crippen LogP contribution < -0.4 is 5.32 Å². The molecule has 0 spiro atoms. The summed E-state index contributed by atoms with van der Waals surface area (Å²) in [7, 11) is 0. The van der Waals surface area contributed by atoms with Gasteiger partial charge in [0.25, 0.3) is 5.69 Å². The van der Waals surface area contributed by atoms with Crippen LogP contribution in [0.4, 0.5) is 21.5 Å². The minimum Gasteiger partial charge on any atom is -0.348 e. The smallest absolute Gasteiger partial charge is 0.293 e. The molecule has 0 atom stereocenters. The first-order valence-electron chi connectivity index (χ1n) is 5.44. The molecule has 2 rings (SSSR count). The van der Waals surface area contributed by atoms with Crippen LogP contribution in [0.1, 0.15) is 5.56 Å². The lowest BCUT2D eigenvalue weighted by Crippen LogP contribution is -1.99. The second-order valence-corrected chi connectivity index (χ2v) is 4.94. The molecule has 2 aromatic carbocycles. The predicted octanol–water partition coefficient (Wildman–Crippen LogP) is 4.55. The number of aryl methyl sites for hydroxylation is 1. The highest BCUT2D eigenvalue weighted by Gasteiger charge is 2.15. The summed E-state index contributed by atoms with van der Waals surface area (Å²) in [6.07, 6.45) is 0. The molecule has 6 heteroatoms. The molecule has 0 aliphatic rings. The Morgan fingerprint density at radius 2 is 1.89 bits per heavy atom. The summed E-state index contributed by atoms with van der Waals surface area (Å²) >= 11 is 3.17. The molecule has 0 aliphatic carbocycles. The number of nitro benzene ring substituents is 1. The van der Waals surface area contributed by atoms with Gasteiger partial charge in [-0.05, 0) is 36.8 Å². The van der Waals surface area contributed by atoms with Crippen molar-refractivity contribution in [1.29, 1.82) is 0 Å². The summed E-state index contributed by atoms with van der Waals surface area (Å²) in [5, 5.41) is 13.7. The zero-order valence-corrected chi connectivity index (χ0v) is 11.6. The normalized spacial score (nSPS) is 10.3. The summed E-state index contributed by atoms with van der Waals surface area (Å²) < 4.78 is 14.3. The molecule has 19 heavy (non-hydrogen) atoms. The van der Waals surface area contributed by atoms with Gasteiger partial charge in [-0.2, -0.15) is 0 Å². The number of halogens is 2. The molecular formula is C13H10BrFN2O2. The molecule has 0 aliphatic heterocycles. The molecule has 0 heterocycles. The van der Waals surface area contributed by atoms with Crippen LogP contribution in [0.25, 0.3) is 0 Å². The van der Waals surface area contributed by atoms with Crippen molar-refractivity contribution in [3.63, 3.8) is 0 Å². The molecule has 0 saturated heterocycles. The van der Waals surface area contributed by atoms with E-state index in [0.717, 1.165) is 5.56 Å². The van der Waals surface area contributed by atoms with E-state index in [1.807, 2.05) is 0 Å². The summed E-state index contributed by atoms with van der Waals surface area (Å²) in [5.41, 5.74) is 1.12. The Hall–Kier alpha value is -1.95. The molecular weight excluding hydrogens is 315 g/mol. The number of nitrogens with one attached hydrogen (secondary N) is 1. The van der Waals surface area contributed by atoms with Crippen molar-refractivity contribution >= 4 is 33.0 Å². The standard InChI is InChI=1S/C13H10BrFN2O2/c1-8-2-4-11(10(15)6-8)16-12-5-3-9(14)7-13(12)17(18)19/h2-7,16H,1H3.